The Morgan fingerprint density at radius 2 is 2.17 bits per heavy atom. The summed E-state index contributed by atoms with van der Waals surface area (Å²) in [6.07, 6.45) is 3.26. The number of halogens is 1. The topological polar surface area (TPSA) is 69.9 Å². The Labute approximate surface area is 102 Å². The molecular weight excluding hydrogens is 235 g/mol. The van der Waals surface area contributed by atoms with Crippen molar-refractivity contribution in [1.82, 2.24) is 14.9 Å². The van der Waals surface area contributed by atoms with Gasteiger partial charge in [0.1, 0.15) is 11.5 Å². The fourth-order valence-electron chi connectivity index (χ4n) is 1.68. The first-order valence-corrected chi connectivity index (χ1v) is 5.26. The molecule has 0 radical (unpaired) electrons. The lowest BCUT2D eigenvalue weighted by molar-refractivity contribution is 0.435. The van der Waals surface area contributed by atoms with E-state index in [4.69, 9.17) is 10.3 Å². The second kappa shape index (κ2) is 3.99. The van der Waals surface area contributed by atoms with E-state index in [9.17, 15) is 4.39 Å². The average Bonchev–Trinajstić information content (AvgIpc) is 2.99. The number of nitrogens with two attached hydrogens (primary N) is 1. The van der Waals surface area contributed by atoms with Gasteiger partial charge in [0.15, 0.2) is 11.6 Å². The summed E-state index contributed by atoms with van der Waals surface area (Å²) in [5.41, 5.74) is 6.40. The van der Waals surface area contributed by atoms with Crippen molar-refractivity contribution in [2.45, 2.75) is 0 Å². The monoisotopic (exact) mass is 244 g/mol. The van der Waals surface area contributed by atoms with Crippen LogP contribution in [0.4, 0.5) is 10.2 Å². The van der Waals surface area contributed by atoms with E-state index in [1.807, 2.05) is 0 Å². The summed E-state index contributed by atoms with van der Waals surface area (Å²) in [5, 5.41) is 7.53. The summed E-state index contributed by atoms with van der Waals surface area (Å²) in [5.74, 6) is 0.297. The van der Waals surface area contributed by atoms with E-state index in [-0.39, 0.29) is 5.82 Å². The number of aromatic nitrogens is 3. The quantitative estimate of drug-likeness (QED) is 0.750. The molecule has 0 aliphatic heterocycles. The van der Waals surface area contributed by atoms with Gasteiger partial charge in [-0.25, -0.2) is 9.07 Å². The predicted octanol–water partition coefficient (Wildman–Crippen LogP) is 2.25. The molecule has 0 fully saturated rings. The summed E-state index contributed by atoms with van der Waals surface area (Å²) in [7, 11) is 0. The van der Waals surface area contributed by atoms with Crippen molar-refractivity contribution in [3.63, 3.8) is 0 Å². The minimum Gasteiger partial charge on any atom is -0.381 e. The number of hydrogen-bond donors (Lipinski definition) is 1. The Hall–Kier alpha value is -2.63. The van der Waals surface area contributed by atoms with E-state index in [2.05, 4.69) is 10.3 Å². The Morgan fingerprint density at radius 3 is 2.78 bits per heavy atom. The molecule has 0 bridgehead atoms. The van der Waals surface area contributed by atoms with E-state index in [1.54, 1.807) is 36.7 Å². The molecule has 1 aromatic carbocycles. The number of hydrogen-bond acceptors (Lipinski definition) is 4. The Kier molecular flexibility index (Phi) is 2.33. The van der Waals surface area contributed by atoms with Crippen LogP contribution >= 0.6 is 0 Å². The van der Waals surface area contributed by atoms with Crippen LogP contribution in [0, 0.1) is 5.82 Å². The van der Waals surface area contributed by atoms with Gasteiger partial charge in [0.25, 0.3) is 0 Å². The van der Waals surface area contributed by atoms with Gasteiger partial charge in [0.05, 0.1) is 0 Å². The van der Waals surface area contributed by atoms with Crippen molar-refractivity contribution in [3.8, 4) is 17.0 Å². The minimum atomic E-state index is -0.397. The third kappa shape index (κ3) is 1.73. The largest absolute Gasteiger partial charge is 0.381 e. The van der Waals surface area contributed by atoms with E-state index in [0.717, 1.165) is 0 Å². The molecule has 0 saturated carbocycles. The van der Waals surface area contributed by atoms with Crippen LogP contribution in [0.1, 0.15) is 0 Å². The van der Waals surface area contributed by atoms with Crippen LogP contribution in [0.3, 0.4) is 0 Å². The lowest BCUT2D eigenvalue weighted by atomic mass is 10.1. The third-order valence-corrected chi connectivity index (χ3v) is 2.51. The highest BCUT2D eigenvalue weighted by atomic mass is 19.1. The van der Waals surface area contributed by atoms with Gasteiger partial charge in [-0.15, -0.1) is 0 Å². The van der Waals surface area contributed by atoms with Crippen LogP contribution in [-0.4, -0.2) is 14.9 Å². The SMILES string of the molecule is Nc1cc(-c2ccc(-n3cccn3)c(F)c2)on1. The predicted molar refractivity (Wildman–Crippen MR) is 63.4 cm³/mol. The zero-order chi connectivity index (χ0) is 12.5. The number of nitrogens with zero attached hydrogens (tertiary/aromatic N) is 3. The summed E-state index contributed by atoms with van der Waals surface area (Å²) in [4.78, 5) is 0. The van der Waals surface area contributed by atoms with Gasteiger partial charge in [-0.05, 0) is 24.3 Å². The number of rotatable bonds is 2. The lowest BCUT2D eigenvalue weighted by Gasteiger charge is -2.04. The van der Waals surface area contributed by atoms with Crippen molar-refractivity contribution >= 4 is 5.82 Å². The summed E-state index contributed by atoms with van der Waals surface area (Å²) in [6.45, 7) is 0. The summed E-state index contributed by atoms with van der Waals surface area (Å²) in [6, 6.07) is 7.97. The Bertz CT molecular complexity index is 675. The average molecular weight is 244 g/mol. The molecule has 3 aromatic rings. The molecule has 0 amide bonds. The van der Waals surface area contributed by atoms with Gasteiger partial charge in [-0.3, -0.25) is 0 Å². The Morgan fingerprint density at radius 1 is 1.28 bits per heavy atom. The van der Waals surface area contributed by atoms with Crippen molar-refractivity contribution < 1.29 is 8.91 Å². The van der Waals surface area contributed by atoms with Crippen molar-refractivity contribution in [2.75, 3.05) is 5.73 Å². The molecule has 0 aliphatic rings. The molecule has 18 heavy (non-hydrogen) atoms. The number of nitrogen functional groups attached to an aromatic ring is 1. The van der Waals surface area contributed by atoms with Gasteiger partial charge in [0.2, 0.25) is 0 Å². The molecule has 2 aromatic heterocycles. The van der Waals surface area contributed by atoms with E-state index < -0.39 is 5.82 Å². The van der Waals surface area contributed by atoms with E-state index in [1.165, 1.54) is 10.7 Å². The maximum Gasteiger partial charge on any atom is 0.169 e. The lowest BCUT2D eigenvalue weighted by Crippen LogP contribution is -1.97. The molecule has 90 valence electrons. The highest BCUT2D eigenvalue weighted by Crippen LogP contribution is 2.24. The standard InChI is InChI=1S/C12H9FN4O/c13-9-6-8(11-7-12(14)16-18-11)2-3-10(9)17-5-1-4-15-17/h1-7H,(H2,14,16). The maximum absolute atomic E-state index is 14.0. The van der Waals surface area contributed by atoms with Crippen LogP contribution < -0.4 is 5.73 Å². The first-order valence-electron chi connectivity index (χ1n) is 5.26. The third-order valence-electron chi connectivity index (χ3n) is 2.51. The molecule has 0 spiro atoms. The second-order valence-corrected chi connectivity index (χ2v) is 3.73. The Balaban J connectivity index is 2.04. The molecule has 0 aliphatic carbocycles. The van der Waals surface area contributed by atoms with Crippen molar-refractivity contribution in [1.29, 1.82) is 0 Å². The molecule has 5 nitrogen and oxygen atoms in total. The molecule has 2 N–H and O–H groups in total. The maximum atomic E-state index is 14.0. The molecule has 0 atom stereocenters. The summed E-state index contributed by atoms with van der Waals surface area (Å²) >= 11 is 0. The zero-order valence-corrected chi connectivity index (χ0v) is 9.25. The first-order chi connectivity index (χ1) is 8.74. The zero-order valence-electron chi connectivity index (χ0n) is 9.25. The highest BCUT2D eigenvalue weighted by Gasteiger charge is 2.10. The van der Waals surface area contributed by atoms with Crippen LogP contribution in [0.25, 0.3) is 17.0 Å². The first kappa shape index (κ1) is 10.5. The summed E-state index contributed by atoms with van der Waals surface area (Å²) < 4.78 is 20.4. The van der Waals surface area contributed by atoms with Crippen LogP contribution in [0.2, 0.25) is 0 Å². The molecule has 3 rings (SSSR count). The minimum absolute atomic E-state index is 0.265. The van der Waals surface area contributed by atoms with Gasteiger partial charge in [0, 0.05) is 24.0 Å². The number of benzene rings is 1. The van der Waals surface area contributed by atoms with Crippen LogP contribution in [0.5, 0.6) is 0 Å². The molecular formula is C12H9FN4O. The van der Waals surface area contributed by atoms with Gasteiger partial charge >= 0.3 is 0 Å². The molecule has 2 heterocycles. The van der Waals surface area contributed by atoms with Crippen molar-refractivity contribution in [3.05, 3.63) is 48.5 Å². The molecule has 6 heteroatoms. The van der Waals surface area contributed by atoms with Gasteiger partial charge in [-0.1, -0.05) is 5.16 Å². The molecule has 0 unspecified atom stereocenters. The van der Waals surface area contributed by atoms with Crippen LogP contribution in [0.15, 0.2) is 47.2 Å². The van der Waals surface area contributed by atoms with Gasteiger partial charge < -0.3 is 10.3 Å². The van der Waals surface area contributed by atoms with Crippen molar-refractivity contribution in [2.24, 2.45) is 0 Å². The van der Waals surface area contributed by atoms with E-state index >= 15 is 0 Å². The van der Waals surface area contributed by atoms with Gasteiger partial charge in [-0.2, -0.15) is 5.10 Å². The number of anilines is 1. The fraction of sp³-hybridized carbons (Fsp3) is 0. The highest BCUT2D eigenvalue weighted by molar-refractivity contribution is 5.61. The normalized spacial score (nSPS) is 10.7. The van der Waals surface area contributed by atoms with Crippen LogP contribution in [-0.2, 0) is 0 Å². The second-order valence-electron chi connectivity index (χ2n) is 3.73. The molecule has 0 saturated heterocycles. The van der Waals surface area contributed by atoms with E-state index in [0.29, 0.717) is 17.0 Å². The fourth-order valence-corrected chi connectivity index (χ4v) is 1.68. The smallest absolute Gasteiger partial charge is 0.169 e.